The molecule has 2 amide bonds. The van der Waals surface area contributed by atoms with Crippen LogP contribution in [0.4, 0.5) is 15.5 Å². The summed E-state index contributed by atoms with van der Waals surface area (Å²) in [6.07, 6.45) is 0. The summed E-state index contributed by atoms with van der Waals surface area (Å²) in [7, 11) is 4.28. The standard InChI is InChI=1S/C18H16N2O6S/c1-20(18(23)19-11-6-4-5-7-12(11)24-2)15-9-13-14(27-15)8-10(16(21)25-3)17(22)26-13/h4-9H,1-3H3,(H,19,23). The molecule has 0 radical (unpaired) electrons. The van der Waals surface area contributed by atoms with Crippen LogP contribution >= 0.6 is 11.3 Å². The van der Waals surface area contributed by atoms with Crippen molar-refractivity contribution in [2.45, 2.75) is 0 Å². The first-order chi connectivity index (χ1) is 12.9. The number of hydrogen-bond donors (Lipinski definition) is 1. The van der Waals surface area contributed by atoms with Gasteiger partial charge in [-0.1, -0.05) is 12.1 Å². The second-order valence-electron chi connectivity index (χ2n) is 5.44. The minimum Gasteiger partial charge on any atom is -0.495 e. The van der Waals surface area contributed by atoms with Gasteiger partial charge in [-0.05, 0) is 18.2 Å². The van der Waals surface area contributed by atoms with Gasteiger partial charge < -0.3 is 19.2 Å². The van der Waals surface area contributed by atoms with E-state index in [1.807, 2.05) is 0 Å². The quantitative estimate of drug-likeness (QED) is 0.689. The van der Waals surface area contributed by atoms with Gasteiger partial charge in [0.15, 0.2) is 5.58 Å². The van der Waals surface area contributed by atoms with Crippen molar-refractivity contribution < 1.29 is 23.5 Å². The molecule has 0 saturated carbocycles. The molecule has 0 aliphatic carbocycles. The van der Waals surface area contributed by atoms with Crippen molar-refractivity contribution in [2.75, 3.05) is 31.5 Å². The zero-order chi connectivity index (χ0) is 19.6. The molecule has 140 valence electrons. The van der Waals surface area contributed by atoms with E-state index in [-0.39, 0.29) is 11.1 Å². The Balaban J connectivity index is 1.89. The van der Waals surface area contributed by atoms with Crippen LogP contribution in [-0.2, 0) is 4.74 Å². The van der Waals surface area contributed by atoms with Gasteiger partial charge in [0, 0.05) is 13.1 Å². The number of esters is 1. The number of ether oxygens (including phenoxy) is 2. The van der Waals surface area contributed by atoms with E-state index in [0.717, 1.165) is 0 Å². The first-order valence-electron chi connectivity index (χ1n) is 7.78. The number of benzene rings is 1. The van der Waals surface area contributed by atoms with Crippen molar-refractivity contribution in [1.82, 2.24) is 0 Å². The molecule has 3 rings (SSSR count). The molecule has 0 aliphatic rings. The summed E-state index contributed by atoms with van der Waals surface area (Å²) in [5.74, 6) is -0.243. The van der Waals surface area contributed by atoms with Crippen LogP contribution in [0.25, 0.3) is 10.3 Å². The summed E-state index contributed by atoms with van der Waals surface area (Å²) in [5.41, 5.74) is -0.179. The average molecular weight is 388 g/mol. The molecular weight excluding hydrogens is 372 g/mol. The van der Waals surface area contributed by atoms with Gasteiger partial charge in [0.05, 0.1) is 24.6 Å². The first-order valence-corrected chi connectivity index (χ1v) is 8.60. The molecule has 2 aromatic heterocycles. The zero-order valence-corrected chi connectivity index (χ0v) is 15.6. The summed E-state index contributed by atoms with van der Waals surface area (Å²) in [5, 5.41) is 3.29. The SMILES string of the molecule is COC(=O)c1cc2sc(N(C)C(=O)Nc3ccccc3OC)cc2oc1=O. The number of thiophene rings is 1. The molecule has 0 spiro atoms. The summed E-state index contributed by atoms with van der Waals surface area (Å²) in [6, 6.07) is 9.58. The highest BCUT2D eigenvalue weighted by molar-refractivity contribution is 7.22. The van der Waals surface area contributed by atoms with Gasteiger partial charge in [0.25, 0.3) is 0 Å². The van der Waals surface area contributed by atoms with E-state index in [0.29, 0.717) is 21.1 Å². The summed E-state index contributed by atoms with van der Waals surface area (Å²) >= 11 is 1.20. The third-order valence-electron chi connectivity index (χ3n) is 3.80. The Hall–Kier alpha value is -3.33. The number of urea groups is 1. The molecule has 9 heteroatoms. The Labute approximate surface area is 157 Å². The number of nitrogens with zero attached hydrogens (tertiary/aromatic N) is 1. The number of nitrogens with one attached hydrogen (secondary N) is 1. The number of hydrogen-bond acceptors (Lipinski definition) is 7. The van der Waals surface area contributed by atoms with E-state index in [1.54, 1.807) is 37.4 Å². The number of para-hydroxylation sites is 2. The molecule has 0 saturated heterocycles. The molecule has 2 heterocycles. The molecule has 1 aromatic carbocycles. The third kappa shape index (κ3) is 3.63. The number of fused-ring (bicyclic) bond motifs is 1. The van der Waals surface area contributed by atoms with Crippen LogP contribution in [0.3, 0.4) is 0 Å². The second-order valence-corrected chi connectivity index (χ2v) is 6.50. The number of carbonyl (C=O) groups is 2. The van der Waals surface area contributed by atoms with Crippen molar-refractivity contribution in [3.63, 3.8) is 0 Å². The van der Waals surface area contributed by atoms with E-state index in [1.165, 1.54) is 36.5 Å². The van der Waals surface area contributed by atoms with Gasteiger partial charge in [-0.25, -0.2) is 14.4 Å². The lowest BCUT2D eigenvalue weighted by atomic mass is 10.3. The van der Waals surface area contributed by atoms with E-state index >= 15 is 0 Å². The van der Waals surface area contributed by atoms with Gasteiger partial charge >= 0.3 is 17.6 Å². The lowest BCUT2D eigenvalue weighted by Gasteiger charge is -2.17. The second kappa shape index (κ2) is 7.50. The smallest absolute Gasteiger partial charge is 0.351 e. The Kier molecular flexibility index (Phi) is 5.13. The third-order valence-corrected chi connectivity index (χ3v) is 4.94. The molecule has 0 atom stereocenters. The van der Waals surface area contributed by atoms with E-state index < -0.39 is 17.6 Å². The number of anilines is 2. The van der Waals surface area contributed by atoms with Crippen LogP contribution in [0.2, 0.25) is 0 Å². The average Bonchev–Trinajstić information content (AvgIpc) is 3.09. The number of methoxy groups -OCH3 is 2. The predicted molar refractivity (Wildman–Crippen MR) is 102 cm³/mol. The predicted octanol–water partition coefficient (Wildman–Crippen LogP) is 3.32. The zero-order valence-electron chi connectivity index (χ0n) is 14.8. The lowest BCUT2D eigenvalue weighted by Crippen LogP contribution is -2.30. The van der Waals surface area contributed by atoms with Crippen LogP contribution < -0.4 is 20.6 Å². The minimum absolute atomic E-state index is 0.195. The highest BCUT2D eigenvalue weighted by Crippen LogP contribution is 2.32. The molecule has 27 heavy (non-hydrogen) atoms. The molecule has 3 aromatic rings. The van der Waals surface area contributed by atoms with Gasteiger partial charge in [0.1, 0.15) is 16.3 Å². The van der Waals surface area contributed by atoms with Crippen molar-refractivity contribution in [1.29, 1.82) is 0 Å². The van der Waals surface area contributed by atoms with Gasteiger partial charge in [-0.15, -0.1) is 11.3 Å². The van der Waals surface area contributed by atoms with Gasteiger partial charge in [-0.3, -0.25) is 4.90 Å². The molecule has 0 aliphatic heterocycles. The van der Waals surface area contributed by atoms with E-state index in [9.17, 15) is 14.4 Å². The minimum atomic E-state index is -0.792. The summed E-state index contributed by atoms with van der Waals surface area (Å²) < 4.78 is 15.5. The van der Waals surface area contributed by atoms with E-state index in [4.69, 9.17) is 9.15 Å². The molecule has 0 unspecified atom stereocenters. The molecule has 8 nitrogen and oxygen atoms in total. The highest BCUT2D eigenvalue weighted by atomic mass is 32.1. The maximum Gasteiger partial charge on any atom is 0.351 e. The Morgan fingerprint density at radius 3 is 2.63 bits per heavy atom. The molecule has 0 bridgehead atoms. The number of carbonyl (C=O) groups excluding carboxylic acids is 2. The Morgan fingerprint density at radius 1 is 1.19 bits per heavy atom. The maximum absolute atomic E-state index is 12.5. The number of rotatable bonds is 4. The van der Waals surface area contributed by atoms with Gasteiger partial charge in [-0.2, -0.15) is 0 Å². The Bertz CT molecular complexity index is 1070. The topological polar surface area (TPSA) is 98.1 Å². The fourth-order valence-electron chi connectivity index (χ4n) is 2.37. The Morgan fingerprint density at radius 2 is 1.93 bits per heavy atom. The van der Waals surface area contributed by atoms with Gasteiger partial charge in [0.2, 0.25) is 0 Å². The van der Waals surface area contributed by atoms with Crippen molar-refractivity contribution >= 4 is 44.3 Å². The van der Waals surface area contributed by atoms with Crippen molar-refractivity contribution in [3.05, 3.63) is 52.4 Å². The van der Waals surface area contributed by atoms with Crippen LogP contribution in [0.1, 0.15) is 10.4 Å². The monoisotopic (exact) mass is 388 g/mol. The van der Waals surface area contributed by atoms with Crippen LogP contribution in [0.15, 0.2) is 45.6 Å². The molecule has 1 N–H and O–H groups in total. The van der Waals surface area contributed by atoms with Crippen LogP contribution in [0.5, 0.6) is 5.75 Å². The molecular formula is C18H16N2O6S. The summed E-state index contributed by atoms with van der Waals surface area (Å²) in [4.78, 5) is 37.4. The normalized spacial score (nSPS) is 10.5. The fourth-order valence-corrected chi connectivity index (χ4v) is 3.35. The lowest BCUT2D eigenvalue weighted by molar-refractivity contribution is 0.0596. The van der Waals surface area contributed by atoms with Crippen LogP contribution in [0, 0.1) is 0 Å². The fraction of sp³-hybridized carbons (Fsp3) is 0.167. The van der Waals surface area contributed by atoms with Crippen molar-refractivity contribution in [3.8, 4) is 5.75 Å². The van der Waals surface area contributed by atoms with E-state index in [2.05, 4.69) is 10.1 Å². The van der Waals surface area contributed by atoms with Crippen molar-refractivity contribution in [2.24, 2.45) is 0 Å². The first kappa shape index (κ1) is 18.5. The van der Waals surface area contributed by atoms with Crippen LogP contribution in [-0.4, -0.2) is 33.3 Å². The molecule has 0 fully saturated rings. The summed E-state index contributed by atoms with van der Waals surface area (Å²) in [6.45, 7) is 0. The maximum atomic E-state index is 12.5. The largest absolute Gasteiger partial charge is 0.495 e. The highest BCUT2D eigenvalue weighted by Gasteiger charge is 2.19. The number of amides is 2.